The molecule has 0 radical (unpaired) electrons. The molecule has 1 aliphatic rings. The van der Waals surface area contributed by atoms with E-state index in [-0.39, 0.29) is 12.1 Å². The van der Waals surface area contributed by atoms with E-state index in [0.29, 0.717) is 0 Å². The lowest BCUT2D eigenvalue weighted by Gasteiger charge is -2.31. The van der Waals surface area contributed by atoms with Crippen molar-refractivity contribution >= 4 is 11.7 Å². The molecule has 0 bridgehead atoms. The molecule has 0 spiro atoms. The Bertz CT molecular complexity index is 980. The van der Waals surface area contributed by atoms with E-state index < -0.39 is 0 Å². The second kappa shape index (κ2) is 8.01. The van der Waals surface area contributed by atoms with Gasteiger partial charge in [-0.2, -0.15) is 0 Å². The molecule has 2 amide bonds. The number of benzene rings is 3. The predicted molar refractivity (Wildman–Crippen MR) is 111 cm³/mol. The largest absolute Gasteiger partial charge is 0.497 e. The van der Waals surface area contributed by atoms with Crippen molar-refractivity contribution in [2.24, 2.45) is 0 Å². The molecule has 2 N–H and O–H groups in total. The SMILES string of the molecule is COc1ccc(C2=C(Cc3ccccc3)C(c3ccccc3)NC(=O)N2)cc1. The van der Waals surface area contributed by atoms with Crippen LogP contribution in [0.2, 0.25) is 0 Å². The van der Waals surface area contributed by atoms with Gasteiger partial charge in [0.05, 0.1) is 18.8 Å². The van der Waals surface area contributed by atoms with E-state index in [1.54, 1.807) is 7.11 Å². The molecule has 4 nitrogen and oxygen atoms in total. The number of carbonyl (C=O) groups excluding carboxylic acids is 1. The molecule has 140 valence electrons. The molecular formula is C24H22N2O2. The lowest BCUT2D eigenvalue weighted by molar-refractivity contribution is 0.240. The van der Waals surface area contributed by atoms with Gasteiger partial charge < -0.3 is 15.4 Å². The highest BCUT2D eigenvalue weighted by molar-refractivity contribution is 5.90. The Labute approximate surface area is 164 Å². The summed E-state index contributed by atoms with van der Waals surface area (Å²) in [5, 5.41) is 6.12. The first-order valence-electron chi connectivity index (χ1n) is 9.28. The number of hydrogen-bond acceptors (Lipinski definition) is 2. The van der Waals surface area contributed by atoms with Gasteiger partial charge in [-0.25, -0.2) is 4.79 Å². The van der Waals surface area contributed by atoms with Crippen LogP contribution in [0.4, 0.5) is 4.79 Å². The fourth-order valence-electron chi connectivity index (χ4n) is 3.54. The molecule has 0 aromatic heterocycles. The molecular weight excluding hydrogens is 348 g/mol. The summed E-state index contributed by atoms with van der Waals surface area (Å²) in [4.78, 5) is 12.5. The third-order valence-electron chi connectivity index (χ3n) is 4.93. The van der Waals surface area contributed by atoms with Crippen LogP contribution in [-0.4, -0.2) is 13.1 Å². The van der Waals surface area contributed by atoms with Crippen LogP contribution < -0.4 is 15.4 Å². The van der Waals surface area contributed by atoms with Crippen molar-refractivity contribution in [2.45, 2.75) is 12.5 Å². The predicted octanol–water partition coefficient (Wildman–Crippen LogP) is 4.70. The van der Waals surface area contributed by atoms with Gasteiger partial charge >= 0.3 is 6.03 Å². The molecule has 4 heteroatoms. The highest BCUT2D eigenvalue weighted by Crippen LogP contribution is 2.33. The lowest BCUT2D eigenvalue weighted by atomic mass is 9.88. The summed E-state index contributed by atoms with van der Waals surface area (Å²) < 4.78 is 5.27. The van der Waals surface area contributed by atoms with Gasteiger partial charge in [-0.05, 0) is 52.9 Å². The number of methoxy groups -OCH3 is 1. The Kier molecular flexibility index (Phi) is 5.11. The number of urea groups is 1. The smallest absolute Gasteiger partial charge is 0.319 e. The minimum atomic E-state index is -0.198. The van der Waals surface area contributed by atoms with Crippen LogP contribution >= 0.6 is 0 Å². The average Bonchev–Trinajstić information content (AvgIpc) is 2.76. The van der Waals surface area contributed by atoms with E-state index >= 15 is 0 Å². The second-order valence-electron chi connectivity index (χ2n) is 6.73. The molecule has 4 rings (SSSR count). The van der Waals surface area contributed by atoms with Crippen molar-refractivity contribution in [3.8, 4) is 5.75 Å². The minimum Gasteiger partial charge on any atom is -0.497 e. The zero-order chi connectivity index (χ0) is 19.3. The van der Waals surface area contributed by atoms with Gasteiger partial charge in [-0.15, -0.1) is 0 Å². The molecule has 0 fully saturated rings. The Morgan fingerprint density at radius 1 is 0.857 bits per heavy atom. The third kappa shape index (κ3) is 3.76. The normalized spacial score (nSPS) is 16.3. The summed E-state index contributed by atoms with van der Waals surface area (Å²) in [5.74, 6) is 0.786. The van der Waals surface area contributed by atoms with Crippen LogP contribution in [0.5, 0.6) is 5.75 Å². The fourth-order valence-corrected chi connectivity index (χ4v) is 3.54. The molecule has 1 atom stereocenters. The Hall–Kier alpha value is -3.53. The number of rotatable bonds is 5. The van der Waals surface area contributed by atoms with Crippen molar-refractivity contribution in [3.05, 3.63) is 107 Å². The van der Waals surface area contributed by atoms with E-state index in [1.165, 1.54) is 5.56 Å². The average molecular weight is 370 g/mol. The van der Waals surface area contributed by atoms with Crippen LogP contribution in [0.15, 0.2) is 90.5 Å². The lowest BCUT2D eigenvalue weighted by Crippen LogP contribution is -2.43. The quantitative estimate of drug-likeness (QED) is 0.684. The van der Waals surface area contributed by atoms with E-state index in [0.717, 1.165) is 34.6 Å². The van der Waals surface area contributed by atoms with Crippen LogP contribution in [0.25, 0.3) is 5.70 Å². The van der Waals surface area contributed by atoms with Gasteiger partial charge in [0.2, 0.25) is 0 Å². The van der Waals surface area contributed by atoms with Crippen LogP contribution in [-0.2, 0) is 6.42 Å². The Morgan fingerprint density at radius 3 is 2.14 bits per heavy atom. The molecule has 28 heavy (non-hydrogen) atoms. The van der Waals surface area contributed by atoms with Gasteiger partial charge in [0.1, 0.15) is 5.75 Å². The molecule has 1 unspecified atom stereocenters. The number of carbonyl (C=O) groups is 1. The van der Waals surface area contributed by atoms with Crippen LogP contribution in [0.3, 0.4) is 0 Å². The molecule has 1 heterocycles. The van der Waals surface area contributed by atoms with Crippen molar-refractivity contribution in [1.82, 2.24) is 10.6 Å². The van der Waals surface area contributed by atoms with Crippen molar-refractivity contribution < 1.29 is 9.53 Å². The van der Waals surface area contributed by atoms with E-state index in [1.807, 2.05) is 72.8 Å². The van der Waals surface area contributed by atoms with Gasteiger partial charge in [0, 0.05) is 0 Å². The van der Waals surface area contributed by atoms with Gasteiger partial charge in [-0.3, -0.25) is 0 Å². The first-order valence-corrected chi connectivity index (χ1v) is 9.28. The van der Waals surface area contributed by atoms with Gasteiger partial charge in [0.15, 0.2) is 0 Å². The number of hydrogen-bond donors (Lipinski definition) is 2. The van der Waals surface area contributed by atoms with Crippen LogP contribution in [0.1, 0.15) is 22.7 Å². The molecule has 3 aromatic rings. The summed E-state index contributed by atoms with van der Waals surface area (Å²) in [7, 11) is 1.65. The van der Waals surface area contributed by atoms with Crippen molar-refractivity contribution in [3.63, 3.8) is 0 Å². The monoisotopic (exact) mass is 370 g/mol. The minimum absolute atomic E-state index is 0.188. The second-order valence-corrected chi connectivity index (χ2v) is 6.73. The highest BCUT2D eigenvalue weighted by Gasteiger charge is 2.28. The summed E-state index contributed by atoms with van der Waals surface area (Å²) in [6.45, 7) is 0. The maximum absolute atomic E-state index is 12.5. The first kappa shape index (κ1) is 17.9. The zero-order valence-corrected chi connectivity index (χ0v) is 15.7. The van der Waals surface area contributed by atoms with E-state index in [4.69, 9.17) is 4.74 Å². The van der Waals surface area contributed by atoms with Gasteiger partial charge in [0.25, 0.3) is 0 Å². The summed E-state index contributed by atoms with van der Waals surface area (Å²) in [5.41, 5.74) is 5.20. The topological polar surface area (TPSA) is 50.4 Å². The summed E-state index contributed by atoms with van der Waals surface area (Å²) in [6, 6.07) is 27.8. The third-order valence-corrected chi connectivity index (χ3v) is 4.93. The van der Waals surface area contributed by atoms with Crippen molar-refractivity contribution in [2.75, 3.05) is 7.11 Å². The van der Waals surface area contributed by atoms with E-state index in [9.17, 15) is 4.79 Å². The molecule has 1 aliphatic heterocycles. The summed E-state index contributed by atoms with van der Waals surface area (Å²) >= 11 is 0. The standard InChI is InChI=1S/C24H22N2O2/c1-28-20-14-12-19(13-15-20)23-21(16-17-8-4-2-5-9-17)22(25-24(27)26-23)18-10-6-3-7-11-18/h2-15,22H,16H2,1H3,(H2,25,26,27). The maximum atomic E-state index is 12.5. The molecule has 0 aliphatic carbocycles. The van der Waals surface area contributed by atoms with Gasteiger partial charge in [-0.1, -0.05) is 60.7 Å². The highest BCUT2D eigenvalue weighted by atomic mass is 16.5. The molecule has 0 saturated heterocycles. The van der Waals surface area contributed by atoms with Crippen molar-refractivity contribution in [1.29, 1.82) is 0 Å². The maximum Gasteiger partial charge on any atom is 0.319 e. The summed E-state index contributed by atoms with van der Waals surface area (Å²) in [6.07, 6.45) is 0.731. The zero-order valence-electron chi connectivity index (χ0n) is 15.7. The number of amides is 2. The fraction of sp³-hybridized carbons (Fsp3) is 0.125. The molecule has 3 aromatic carbocycles. The van der Waals surface area contributed by atoms with Crippen LogP contribution in [0, 0.1) is 0 Å². The van der Waals surface area contributed by atoms with E-state index in [2.05, 4.69) is 22.8 Å². The number of ether oxygens (including phenoxy) is 1. The Balaban J connectivity index is 1.84. The molecule has 0 saturated carbocycles. The Morgan fingerprint density at radius 2 is 1.50 bits per heavy atom. The number of nitrogens with one attached hydrogen (secondary N) is 2. The first-order chi connectivity index (χ1) is 13.7.